The molecule has 8 heteroatoms. The van der Waals surface area contributed by atoms with Gasteiger partial charge in [-0.05, 0) is 37.3 Å². The number of aromatic nitrogens is 3. The molecule has 2 heterocycles. The van der Waals surface area contributed by atoms with Crippen molar-refractivity contribution in [1.29, 1.82) is 0 Å². The molecule has 27 heavy (non-hydrogen) atoms. The van der Waals surface area contributed by atoms with Crippen LogP contribution < -0.4 is 14.8 Å². The number of methoxy groups -OCH3 is 2. The third kappa shape index (κ3) is 4.60. The van der Waals surface area contributed by atoms with E-state index >= 15 is 0 Å². The van der Waals surface area contributed by atoms with Gasteiger partial charge in [-0.1, -0.05) is 11.2 Å². The van der Waals surface area contributed by atoms with Crippen LogP contribution in [0.1, 0.15) is 18.0 Å². The molecule has 0 radical (unpaired) electrons. The lowest BCUT2D eigenvalue weighted by atomic mass is 10.2. The van der Waals surface area contributed by atoms with E-state index in [1.54, 1.807) is 32.4 Å². The zero-order chi connectivity index (χ0) is 19.2. The standard InChI is InChI=1S/C19H20N4O4/c1-12-5-4-6-16(20-12)21-17(24)9-10-18-22-19(23-27-18)13-7-8-14(25-2)15(11-13)26-3/h4-8,11H,9-10H2,1-3H3,(H,20,21,24). The number of rotatable bonds is 7. The van der Waals surface area contributed by atoms with E-state index in [2.05, 4.69) is 20.4 Å². The van der Waals surface area contributed by atoms with Gasteiger partial charge in [0.25, 0.3) is 0 Å². The number of carbonyl (C=O) groups excluding carboxylic acids is 1. The van der Waals surface area contributed by atoms with E-state index in [9.17, 15) is 4.79 Å². The van der Waals surface area contributed by atoms with Gasteiger partial charge in [-0.2, -0.15) is 4.98 Å². The van der Waals surface area contributed by atoms with Gasteiger partial charge in [-0.15, -0.1) is 0 Å². The summed E-state index contributed by atoms with van der Waals surface area (Å²) in [6, 6.07) is 10.8. The normalized spacial score (nSPS) is 10.5. The van der Waals surface area contributed by atoms with Crippen LogP contribution >= 0.6 is 0 Å². The van der Waals surface area contributed by atoms with Crippen LogP contribution in [0, 0.1) is 6.92 Å². The number of pyridine rings is 1. The van der Waals surface area contributed by atoms with Crippen LogP contribution in [0.3, 0.4) is 0 Å². The predicted octanol–water partition coefficient (Wildman–Crippen LogP) is 3.03. The molecule has 2 aromatic heterocycles. The Morgan fingerprint density at radius 2 is 1.93 bits per heavy atom. The van der Waals surface area contributed by atoms with E-state index in [1.165, 1.54) is 0 Å². The number of amides is 1. The van der Waals surface area contributed by atoms with Gasteiger partial charge in [0.15, 0.2) is 11.5 Å². The molecule has 0 fully saturated rings. The summed E-state index contributed by atoms with van der Waals surface area (Å²) in [5.74, 6) is 2.35. The minimum absolute atomic E-state index is 0.168. The van der Waals surface area contributed by atoms with Gasteiger partial charge in [0.2, 0.25) is 17.6 Å². The Morgan fingerprint density at radius 3 is 2.67 bits per heavy atom. The molecule has 0 saturated heterocycles. The molecule has 0 aliphatic carbocycles. The van der Waals surface area contributed by atoms with Gasteiger partial charge in [0.1, 0.15) is 5.82 Å². The van der Waals surface area contributed by atoms with E-state index < -0.39 is 0 Å². The maximum absolute atomic E-state index is 12.1. The van der Waals surface area contributed by atoms with Crippen molar-refractivity contribution < 1.29 is 18.8 Å². The summed E-state index contributed by atoms with van der Waals surface area (Å²) in [7, 11) is 3.13. The number of carbonyl (C=O) groups is 1. The van der Waals surface area contributed by atoms with Gasteiger partial charge in [-0.25, -0.2) is 4.98 Å². The van der Waals surface area contributed by atoms with Crippen molar-refractivity contribution in [2.75, 3.05) is 19.5 Å². The Morgan fingerprint density at radius 1 is 1.11 bits per heavy atom. The number of ether oxygens (including phenoxy) is 2. The fourth-order valence-corrected chi connectivity index (χ4v) is 2.49. The van der Waals surface area contributed by atoms with Crippen molar-refractivity contribution >= 4 is 11.7 Å². The van der Waals surface area contributed by atoms with Gasteiger partial charge in [0.05, 0.1) is 14.2 Å². The minimum atomic E-state index is -0.168. The first-order chi connectivity index (χ1) is 13.1. The quantitative estimate of drug-likeness (QED) is 0.684. The zero-order valence-electron chi connectivity index (χ0n) is 15.4. The van der Waals surface area contributed by atoms with Crippen LogP contribution in [0.4, 0.5) is 5.82 Å². The third-order valence-corrected chi connectivity index (χ3v) is 3.83. The van der Waals surface area contributed by atoms with E-state index in [0.29, 0.717) is 35.5 Å². The lowest BCUT2D eigenvalue weighted by molar-refractivity contribution is -0.116. The molecule has 0 aliphatic rings. The minimum Gasteiger partial charge on any atom is -0.493 e. The van der Waals surface area contributed by atoms with Gasteiger partial charge < -0.3 is 19.3 Å². The maximum atomic E-state index is 12.1. The fourth-order valence-electron chi connectivity index (χ4n) is 2.49. The maximum Gasteiger partial charge on any atom is 0.227 e. The highest BCUT2D eigenvalue weighted by Crippen LogP contribution is 2.31. The molecule has 0 spiro atoms. The monoisotopic (exact) mass is 368 g/mol. The highest BCUT2D eigenvalue weighted by Gasteiger charge is 2.13. The van der Waals surface area contributed by atoms with Crippen molar-refractivity contribution in [2.45, 2.75) is 19.8 Å². The van der Waals surface area contributed by atoms with Crippen LogP contribution in [-0.2, 0) is 11.2 Å². The fraction of sp³-hybridized carbons (Fsp3) is 0.263. The summed E-state index contributed by atoms with van der Waals surface area (Å²) < 4.78 is 15.7. The topological polar surface area (TPSA) is 99.4 Å². The number of nitrogens with one attached hydrogen (secondary N) is 1. The summed E-state index contributed by atoms with van der Waals surface area (Å²) in [5.41, 5.74) is 1.57. The first-order valence-electron chi connectivity index (χ1n) is 8.37. The van der Waals surface area contributed by atoms with Crippen LogP contribution in [-0.4, -0.2) is 35.3 Å². The summed E-state index contributed by atoms with van der Waals surface area (Å²) in [5, 5.41) is 6.71. The molecule has 3 aromatic rings. The molecule has 0 atom stereocenters. The van der Waals surface area contributed by atoms with E-state index in [0.717, 1.165) is 11.3 Å². The first kappa shape index (κ1) is 18.4. The van der Waals surface area contributed by atoms with Crippen molar-refractivity contribution in [1.82, 2.24) is 15.1 Å². The van der Waals surface area contributed by atoms with Crippen molar-refractivity contribution in [3.8, 4) is 22.9 Å². The van der Waals surface area contributed by atoms with Crippen molar-refractivity contribution in [2.24, 2.45) is 0 Å². The van der Waals surface area contributed by atoms with Crippen molar-refractivity contribution in [3.63, 3.8) is 0 Å². The summed E-state index contributed by atoms with van der Waals surface area (Å²) >= 11 is 0. The second-order valence-electron chi connectivity index (χ2n) is 5.79. The van der Waals surface area contributed by atoms with Crippen LogP contribution in [0.5, 0.6) is 11.5 Å². The number of hydrogen-bond acceptors (Lipinski definition) is 7. The third-order valence-electron chi connectivity index (χ3n) is 3.83. The predicted molar refractivity (Wildman–Crippen MR) is 98.8 cm³/mol. The average molecular weight is 368 g/mol. The second kappa shape index (κ2) is 8.31. The smallest absolute Gasteiger partial charge is 0.227 e. The Bertz CT molecular complexity index is 939. The van der Waals surface area contributed by atoms with E-state index in [-0.39, 0.29) is 12.3 Å². The van der Waals surface area contributed by atoms with E-state index in [1.807, 2.05) is 25.1 Å². The largest absolute Gasteiger partial charge is 0.493 e. The summed E-state index contributed by atoms with van der Waals surface area (Å²) in [6.45, 7) is 1.86. The van der Waals surface area contributed by atoms with Gasteiger partial charge in [0, 0.05) is 24.1 Å². The highest BCUT2D eigenvalue weighted by atomic mass is 16.5. The first-order valence-corrected chi connectivity index (χ1v) is 8.37. The molecule has 3 rings (SSSR count). The summed E-state index contributed by atoms with van der Waals surface area (Å²) in [6.07, 6.45) is 0.543. The molecule has 1 N–H and O–H groups in total. The summed E-state index contributed by atoms with van der Waals surface area (Å²) in [4.78, 5) is 20.6. The van der Waals surface area contributed by atoms with Crippen molar-refractivity contribution in [3.05, 3.63) is 48.0 Å². The molecule has 1 aromatic carbocycles. The molecule has 8 nitrogen and oxygen atoms in total. The Labute approximate surface area is 156 Å². The number of nitrogens with zero attached hydrogens (tertiary/aromatic N) is 3. The van der Waals surface area contributed by atoms with Crippen LogP contribution in [0.25, 0.3) is 11.4 Å². The molecule has 0 saturated carbocycles. The Hall–Kier alpha value is -3.42. The number of benzene rings is 1. The molecule has 0 bridgehead atoms. The van der Waals surface area contributed by atoms with Gasteiger partial charge in [-0.3, -0.25) is 4.79 Å². The molecule has 0 aliphatic heterocycles. The molecule has 1 amide bonds. The lowest BCUT2D eigenvalue weighted by Crippen LogP contribution is -2.13. The van der Waals surface area contributed by atoms with Gasteiger partial charge >= 0.3 is 0 Å². The zero-order valence-corrected chi connectivity index (χ0v) is 15.4. The molecule has 0 unspecified atom stereocenters. The van der Waals surface area contributed by atoms with E-state index in [4.69, 9.17) is 14.0 Å². The second-order valence-corrected chi connectivity index (χ2v) is 5.79. The molecule has 140 valence electrons. The van der Waals surface area contributed by atoms with Crippen LogP contribution in [0.15, 0.2) is 40.9 Å². The molecular weight excluding hydrogens is 348 g/mol. The number of aryl methyl sites for hydroxylation is 2. The number of hydrogen-bond donors (Lipinski definition) is 1. The lowest BCUT2D eigenvalue weighted by Gasteiger charge is -2.07. The SMILES string of the molecule is COc1ccc(-c2noc(CCC(=O)Nc3cccc(C)n3)n2)cc1OC. The highest BCUT2D eigenvalue weighted by molar-refractivity contribution is 5.89. The number of anilines is 1. The Kier molecular flexibility index (Phi) is 5.65. The Balaban J connectivity index is 1.62. The van der Waals surface area contributed by atoms with Crippen LogP contribution in [0.2, 0.25) is 0 Å². The molecular formula is C19H20N4O4. The average Bonchev–Trinajstić information content (AvgIpc) is 3.15.